The third-order valence-electron chi connectivity index (χ3n) is 3.98. The van der Waals surface area contributed by atoms with E-state index >= 15 is 0 Å². The van der Waals surface area contributed by atoms with Crippen molar-refractivity contribution >= 4 is 17.8 Å². The SMILES string of the molecule is CCc1ccc(OC)c(/C=C2/N=C(c3cccc(C)c3)NC2=O)c1. The molecule has 0 atom stereocenters. The van der Waals surface area contributed by atoms with Gasteiger partial charge in [-0.3, -0.25) is 4.79 Å². The van der Waals surface area contributed by atoms with E-state index in [1.165, 1.54) is 5.56 Å². The molecule has 0 radical (unpaired) electrons. The molecule has 0 unspecified atom stereocenters. The first-order valence-electron chi connectivity index (χ1n) is 7.96. The summed E-state index contributed by atoms with van der Waals surface area (Å²) in [6.07, 6.45) is 2.69. The third kappa shape index (κ3) is 3.23. The van der Waals surface area contributed by atoms with Crippen molar-refractivity contribution in [1.82, 2.24) is 5.32 Å². The lowest BCUT2D eigenvalue weighted by molar-refractivity contribution is -0.115. The fourth-order valence-corrected chi connectivity index (χ4v) is 2.66. The van der Waals surface area contributed by atoms with E-state index in [0.717, 1.165) is 28.9 Å². The summed E-state index contributed by atoms with van der Waals surface area (Å²) in [5.41, 5.74) is 4.46. The molecule has 1 aliphatic heterocycles. The molecule has 0 bridgehead atoms. The number of rotatable bonds is 4. The Kier molecular flexibility index (Phi) is 4.47. The minimum atomic E-state index is -0.199. The van der Waals surface area contributed by atoms with Crippen molar-refractivity contribution in [2.24, 2.45) is 4.99 Å². The molecule has 0 saturated carbocycles. The van der Waals surface area contributed by atoms with Gasteiger partial charge in [-0.2, -0.15) is 0 Å². The highest BCUT2D eigenvalue weighted by Gasteiger charge is 2.21. The van der Waals surface area contributed by atoms with E-state index < -0.39 is 0 Å². The summed E-state index contributed by atoms with van der Waals surface area (Å²) < 4.78 is 5.39. The first-order valence-corrected chi connectivity index (χ1v) is 7.96. The number of nitrogens with one attached hydrogen (secondary N) is 1. The molecule has 0 spiro atoms. The molecule has 1 heterocycles. The van der Waals surface area contributed by atoms with E-state index in [1.54, 1.807) is 13.2 Å². The molecule has 1 aliphatic rings. The van der Waals surface area contributed by atoms with Crippen LogP contribution in [0.15, 0.2) is 53.2 Å². The van der Waals surface area contributed by atoms with Crippen LogP contribution >= 0.6 is 0 Å². The van der Waals surface area contributed by atoms with Crippen molar-refractivity contribution in [1.29, 1.82) is 0 Å². The zero-order valence-electron chi connectivity index (χ0n) is 14.1. The van der Waals surface area contributed by atoms with Gasteiger partial charge in [0.05, 0.1) is 7.11 Å². The molecule has 0 aliphatic carbocycles. The van der Waals surface area contributed by atoms with Crippen LogP contribution < -0.4 is 10.1 Å². The van der Waals surface area contributed by atoms with Crippen LogP contribution in [0.1, 0.15) is 29.2 Å². The summed E-state index contributed by atoms with van der Waals surface area (Å²) in [6.45, 7) is 4.10. The van der Waals surface area contributed by atoms with Crippen molar-refractivity contribution in [2.45, 2.75) is 20.3 Å². The highest BCUT2D eigenvalue weighted by molar-refractivity contribution is 6.19. The van der Waals surface area contributed by atoms with Gasteiger partial charge in [-0.1, -0.05) is 36.8 Å². The Morgan fingerprint density at radius 2 is 2.04 bits per heavy atom. The number of amides is 1. The number of aryl methyl sites for hydroxylation is 2. The summed E-state index contributed by atoms with van der Waals surface area (Å²) in [4.78, 5) is 16.7. The summed E-state index contributed by atoms with van der Waals surface area (Å²) in [6, 6.07) is 13.9. The third-order valence-corrected chi connectivity index (χ3v) is 3.98. The maximum atomic E-state index is 12.3. The lowest BCUT2D eigenvalue weighted by Crippen LogP contribution is -2.24. The van der Waals surface area contributed by atoms with E-state index in [-0.39, 0.29) is 5.91 Å². The predicted molar refractivity (Wildman–Crippen MR) is 96.2 cm³/mol. The van der Waals surface area contributed by atoms with Gasteiger partial charge in [-0.15, -0.1) is 0 Å². The second-order valence-electron chi connectivity index (χ2n) is 5.74. The second-order valence-corrected chi connectivity index (χ2v) is 5.74. The predicted octanol–water partition coefficient (Wildman–Crippen LogP) is 3.48. The lowest BCUT2D eigenvalue weighted by atomic mass is 10.1. The molecule has 24 heavy (non-hydrogen) atoms. The molecule has 4 heteroatoms. The largest absolute Gasteiger partial charge is 0.496 e. The van der Waals surface area contributed by atoms with Crippen LogP contribution in [0.5, 0.6) is 5.75 Å². The maximum Gasteiger partial charge on any atom is 0.275 e. The zero-order valence-corrected chi connectivity index (χ0v) is 14.1. The summed E-state index contributed by atoms with van der Waals surface area (Å²) in [5.74, 6) is 1.11. The smallest absolute Gasteiger partial charge is 0.275 e. The number of amidine groups is 1. The van der Waals surface area contributed by atoms with Crippen LogP contribution in [0.25, 0.3) is 6.08 Å². The number of benzene rings is 2. The Bertz CT molecular complexity index is 850. The van der Waals surface area contributed by atoms with Gasteiger partial charge in [-0.25, -0.2) is 4.99 Å². The molecule has 2 aromatic carbocycles. The number of aliphatic imine (C=N–C) groups is 1. The first kappa shape index (κ1) is 16.0. The van der Waals surface area contributed by atoms with Gasteiger partial charge < -0.3 is 10.1 Å². The van der Waals surface area contributed by atoms with E-state index in [4.69, 9.17) is 4.74 Å². The van der Waals surface area contributed by atoms with E-state index in [2.05, 4.69) is 17.2 Å². The first-order chi connectivity index (χ1) is 11.6. The Morgan fingerprint density at radius 1 is 1.21 bits per heavy atom. The van der Waals surface area contributed by atoms with Gasteiger partial charge in [0, 0.05) is 11.1 Å². The molecular weight excluding hydrogens is 300 g/mol. The van der Waals surface area contributed by atoms with Crippen molar-refractivity contribution < 1.29 is 9.53 Å². The van der Waals surface area contributed by atoms with Crippen LogP contribution in [-0.4, -0.2) is 18.9 Å². The monoisotopic (exact) mass is 320 g/mol. The van der Waals surface area contributed by atoms with Crippen LogP contribution in [0.2, 0.25) is 0 Å². The number of carbonyl (C=O) groups excluding carboxylic acids is 1. The summed E-state index contributed by atoms with van der Waals surface area (Å²) in [7, 11) is 1.62. The quantitative estimate of drug-likeness (QED) is 0.877. The van der Waals surface area contributed by atoms with Gasteiger partial charge in [0.25, 0.3) is 5.91 Å². The number of nitrogens with zero attached hydrogens (tertiary/aromatic N) is 1. The van der Waals surface area contributed by atoms with Crippen LogP contribution in [0, 0.1) is 6.92 Å². The van der Waals surface area contributed by atoms with E-state index in [9.17, 15) is 4.79 Å². The van der Waals surface area contributed by atoms with Crippen molar-refractivity contribution in [3.05, 3.63) is 70.4 Å². The molecule has 0 aromatic heterocycles. The standard InChI is InChI=1S/C20H20N2O2/c1-4-14-8-9-18(24-3)16(11-14)12-17-20(23)22-19(21-17)15-7-5-6-13(2)10-15/h5-12H,4H2,1-3H3,(H,21,22,23)/b17-12+. The molecule has 0 fully saturated rings. The molecule has 1 N–H and O–H groups in total. The van der Waals surface area contributed by atoms with Gasteiger partial charge in [-0.05, 0) is 43.2 Å². The Labute approximate surface area is 141 Å². The number of hydrogen-bond donors (Lipinski definition) is 1. The minimum Gasteiger partial charge on any atom is -0.496 e. The van der Waals surface area contributed by atoms with Crippen molar-refractivity contribution in [2.75, 3.05) is 7.11 Å². The maximum absolute atomic E-state index is 12.3. The molecule has 122 valence electrons. The highest BCUT2D eigenvalue weighted by Crippen LogP contribution is 2.24. The number of carbonyl (C=O) groups is 1. The fraction of sp³-hybridized carbons (Fsp3) is 0.200. The molecule has 3 rings (SSSR count). The minimum absolute atomic E-state index is 0.199. The van der Waals surface area contributed by atoms with Crippen LogP contribution in [-0.2, 0) is 11.2 Å². The molecular formula is C20H20N2O2. The summed E-state index contributed by atoms with van der Waals surface area (Å²) in [5, 5.41) is 2.84. The van der Waals surface area contributed by atoms with Gasteiger partial charge in [0.15, 0.2) is 0 Å². The molecule has 4 nitrogen and oxygen atoms in total. The fourth-order valence-electron chi connectivity index (χ4n) is 2.66. The zero-order chi connectivity index (χ0) is 17.1. The average molecular weight is 320 g/mol. The summed E-state index contributed by atoms with van der Waals surface area (Å²) >= 11 is 0. The molecule has 1 amide bonds. The number of hydrogen-bond acceptors (Lipinski definition) is 3. The highest BCUT2D eigenvalue weighted by atomic mass is 16.5. The van der Waals surface area contributed by atoms with Gasteiger partial charge in [0.2, 0.25) is 0 Å². The second kappa shape index (κ2) is 6.71. The number of ether oxygens (including phenoxy) is 1. The molecule has 0 saturated heterocycles. The Balaban J connectivity index is 2.00. The van der Waals surface area contributed by atoms with Crippen LogP contribution in [0.4, 0.5) is 0 Å². The Morgan fingerprint density at radius 3 is 2.75 bits per heavy atom. The topological polar surface area (TPSA) is 50.7 Å². The Hall–Kier alpha value is -2.88. The van der Waals surface area contributed by atoms with Crippen molar-refractivity contribution in [3.63, 3.8) is 0 Å². The van der Waals surface area contributed by atoms with E-state index in [0.29, 0.717) is 11.5 Å². The van der Waals surface area contributed by atoms with Gasteiger partial charge in [0.1, 0.15) is 17.3 Å². The van der Waals surface area contributed by atoms with E-state index in [1.807, 2.05) is 49.4 Å². The molecule has 2 aromatic rings. The van der Waals surface area contributed by atoms with Gasteiger partial charge >= 0.3 is 0 Å². The lowest BCUT2D eigenvalue weighted by Gasteiger charge is -2.07. The van der Waals surface area contributed by atoms with Crippen molar-refractivity contribution in [3.8, 4) is 5.75 Å². The normalized spacial score (nSPS) is 15.4. The number of methoxy groups -OCH3 is 1. The van der Waals surface area contributed by atoms with Crippen LogP contribution in [0.3, 0.4) is 0 Å². The average Bonchev–Trinajstić information content (AvgIpc) is 2.95.